The van der Waals surface area contributed by atoms with E-state index in [1.807, 2.05) is 37.3 Å². The number of nitrogens with two attached hydrogens (primary N) is 1. The van der Waals surface area contributed by atoms with Gasteiger partial charge in [0.25, 0.3) is 0 Å². The van der Waals surface area contributed by atoms with E-state index < -0.39 is 0 Å². The second kappa shape index (κ2) is 4.74. The third kappa shape index (κ3) is 2.47. The topological polar surface area (TPSA) is 60.2 Å². The van der Waals surface area contributed by atoms with E-state index in [0.717, 1.165) is 16.9 Å². The van der Waals surface area contributed by atoms with Crippen molar-refractivity contribution in [1.29, 1.82) is 0 Å². The van der Waals surface area contributed by atoms with Crippen LogP contribution in [-0.2, 0) is 0 Å². The summed E-state index contributed by atoms with van der Waals surface area (Å²) in [5.41, 5.74) is 9.31. The number of hydrogen-bond donors (Lipinski definition) is 2. The second-order valence-corrected chi connectivity index (χ2v) is 3.76. The summed E-state index contributed by atoms with van der Waals surface area (Å²) >= 11 is 0. The SMILES string of the molecule is COc1ncc(Nc2ccccc2N)cc1C. The molecule has 0 amide bonds. The Kier molecular flexibility index (Phi) is 3.14. The van der Waals surface area contributed by atoms with Crippen LogP contribution in [0, 0.1) is 6.92 Å². The minimum absolute atomic E-state index is 0.636. The van der Waals surface area contributed by atoms with Crippen molar-refractivity contribution in [2.75, 3.05) is 18.2 Å². The highest BCUT2D eigenvalue weighted by molar-refractivity contribution is 5.72. The van der Waals surface area contributed by atoms with Crippen molar-refractivity contribution in [3.05, 3.63) is 42.1 Å². The zero-order valence-corrected chi connectivity index (χ0v) is 9.90. The average Bonchev–Trinajstić information content (AvgIpc) is 2.32. The Morgan fingerprint density at radius 3 is 2.71 bits per heavy atom. The number of aryl methyl sites for hydroxylation is 1. The molecule has 0 saturated carbocycles. The minimum atomic E-state index is 0.636. The summed E-state index contributed by atoms with van der Waals surface area (Å²) in [6.45, 7) is 1.95. The Hall–Kier alpha value is -2.23. The largest absolute Gasteiger partial charge is 0.481 e. The maximum absolute atomic E-state index is 5.85. The molecule has 0 aliphatic carbocycles. The van der Waals surface area contributed by atoms with Crippen molar-refractivity contribution in [2.24, 2.45) is 0 Å². The number of ether oxygens (including phenoxy) is 1. The normalized spacial score (nSPS) is 10.0. The molecule has 0 radical (unpaired) electrons. The standard InChI is InChI=1S/C13H15N3O/c1-9-7-10(8-15-13(9)17-2)16-12-6-4-3-5-11(12)14/h3-8,16H,14H2,1-2H3. The Balaban J connectivity index is 2.25. The Bertz CT molecular complexity index is 526. The van der Waals surface area contributed by atoms with Gasteiger partial charge in [0.05, 0.1) is 30.4 Å². The summed E-state index contributed by atoms with van der Waals surface area (Å²) in [5.74, 6) is 0.636. The number of rotatable bonds is 3. The van der Waals surface area contributed by atoms with E-state index >= 15 is 0 Å². The molecule has 0 spiro atoms. The van der Waals surface area contributed by atoms with Crippen molar-refractivity contribution in [2.45, 2.75) is 6.92 Å². The van der Waals surface area contributed by atoms with Gasteiger partial charge in [0.1, 0.15) is 0 Å². The first-order chi connectivity index (χ1) is 8.20. The number of para-hydroxylation sites is 2. The lowest BCUT2D eigenvalue weighted by Gasteiger charge is -2.10. The molecule has 0 aliphatic rings. The first-order valence-corrected chi connectivity index (χ1v) is 5.33. The molecule has 0 atom stereocenters. The minimum Gasteiger partial charge on any atom is -0.481 e. The number of pyridine rings is 1. The number of hydrogen-bond acceptors (Lipinski definition) is 4. The summed E-state index contributed by atoms with van der Waals surface area (Å²) in [7, 11) is 1.61. The van der Waals surface area contributed by atoms with Crippen LogP contribution in [0.5, 0.6) is 5.88 Å². The van der Waals surface area contributed by atoms with Crippen molar-refractivity contribution < 1.29 is 4.74 Å². The number of nitrogen functional groups attached to an aromatic ring is 1. The van der Waals surface area contributed by atoms with Gasteiger partial charge in [-0.3, -0.25) is 0 Å². The summed E-state index contributed by atoms with van der Waals surface area (Å²) in [5, 5.41) is 3.22. The van der Waals surface area contributed by atoms with Gasteiger partial charge in [-0.25, -0.2) is 4.98 Å². The third-order valence-corrected chi connectivity index (χ3v) is 2.46. The van der Waals surface area contributed by atoms with Crippen LogP contribution in [0.25, 0.3) is 0 Å². The van der Waals surface area contributed by atoms with Crippen LogP contribution in [0.15, 0.2) is 36.5 Å². The van der Waals surface area contributed by atoms with Gasteiger partial charge in [0.2, 0.25) is 5.88 Å². The predicted octanol–water partition coefficient (Wildman–Crippen LogP) is 2.72. The summed E-state index contributed by atoms with van der Waals surface area (Å²) in [6.07, 6.45) is 1.72. The zero-order chi connectivity index (χ0) is 12.3. The van der Waals surface area contributed by atoms with Gasteiger partial charge in [-0.1, -0.05) is 12.1 Å². The summed E-state index contributed by atoms with van der Waals surface area (Å²) < 4.78 is 5.11. The van der Waals surface area contributed by atoms with Gasteiger partial charge in [0, 0.05) is 5.56 Å². The molecule has 0 saturated heterocycles. The lowest BCUT2D eigenvalue weighted by molar-refractivity contribution is 0.395. The summed E-state index contributed by atoms with van der Waals surface area (Å²) in [4.78, 5) is 4.20. The number of nitrogens with one attached hydrogen (secondary N) is 1. The number of anilines is 3. The monoisotopic (exact) mass is 229 g/mol. The fourth-order valence-corrected chi connectivity index (χ4v) is 1.61. The molecule has 1 heterocycles. The summed E-state index contributed by atoms with van der Waals surface area (Å²) in [6, 6.07) is 9.58. The van der Waals surface area contributed by atoms with Crippen LogP contribution in [0.3, 0.4) is 0 Å². The van der Waals surface area contributed by atoms with Crippen molar-refractivity contribution in [3.63, 3.8) is 0 Å². The molecule has 4 nitrogen and oxygen atoms in total. The van der Waals surface area contributed by atoms with Crippen molar-refractivity contribution >= 4 is 17.1 Å². The van der Waals surface area contributed by atoms with Gasteiger partial charge < -0.3 is 15.8 Å². The van der Waals surface area contributed by atoms with Crippen LogP contribution in [0.1, 0.15) is 5.56 Å². The molecule has 0 bridgehead atoms. The quantitative estimate of drug-likeness (QED) is 0.794. The molecule has 1 aromatic heterocycles. The fourth-order valence-electron chi connectivity index (χ4n) is 1.61. The highest BCUT2D eigenvalue weighted by Crippen LogP contribution is 2.24. The Morgan fingerprint density at radius 2 is 2.06 bits per heavy atom. The van der Waals surface area contributed by atoms with Gasteiger partial charge in [-0.05, 0) is 25.1 Å². The highest BCUT2D eigenvalue weighted by Gasteiger charge is 2.03. The zero-order valence-electron chi connectivity index (χ0n) is 9.90. The van der Waals surface area contributed by atoms with Crippen LogP contribution in [0.2, 0.25) is 0 Å². The number of methoxy groups -OCH3 is 1. The molecule has 0 fully saturated rings. The molecule has 3 N–H and O–H groups in total. The van der Waals surface area contributed by atoms with E-state index in [9.17, 15) is 0 Å². The van der Waals surface area contributed by atoms with E-state index in [1.165, 1.54) is 0 Å². The third-order valence-electron chi connectivity index (χ3n) is 2.46. The predicted molar refractivity (Wildman–Crippen MR) is 69.7 cm³/mol. The van der Waals surface area contributed by atoms with Crippen molar-refractivity contribution in [3.8, 4) is 5.88 Å². The average molecular weight is 229 g/mol. The smallest absolute Gasteiger partial charge is 0.216 e. The van der Waals surface area contributed by atoms with Crippen LogP contribution in [0.4, 0.5) is 17.1 Å². The van der Waals surface area contributed by atoms with Gasteiger partial charge in [-0.2, -0.15) is 0 Å². The van der Waals surface area contributed by atoms with E-state index in [2.05, 4.69) is 10.3 Å². The van der Waals surface area contributed by atoms with E-state index in [4.69, 9.17) is 10.5 Å². The molecule has 0 unspecified atom stereocenters. The lowest BCUT2D eigenvalue weighted by Crippen LogP contribution is -1.98. The molecule has 1 aromatic carbocycles. The fraction of sp³-hybridized carbons (Fsp3) is 0.154. The number of benzene rings is 1. The van der Waals surface area contributed by atoms with E-state index in [1.54, 1.807) is 13.3 Å². The second-order valence-electron chi connectivity index (χ2n) is 3.76. The van der Waals surface area contributed by atoms with Crippen molar-refractivity contribution in [1.82, 2.24) is 4.98 Å². The Labute approximate surface area is 100 Å². The highest BCUT2D eigenvalue weighted by atomic mass is 16.5. The molecular formula is C13H15N3O. The van der Waals surface area contributed by atoms with Gasteiger partial charge in [-0.15, -0.1) is 0 Å². The Morgan fingerprint density at radius 1 is 1.29 bits per heavy atom. The first-order valence-electron chi connectivity index (χ1n) is 5.33. The molecule has 17 heavy (non-hydrogen) atoms. The van der Waals surface area contributed by atoms with Crippen LogP contribution >= 0.6 is 0 Å². The van der Waals surface area contributed by atoms with Gasteiger partial charge >= 0.3 is 0 Å². The maximum atomic E-state index is 5.85. The first kappa shape index (κ1) is 11.3. The lowest BCUT2D eigenvalue weighted by atomic mass is 10.2. The van der Waals surface area contributed by atoms with Gasteiger partial charge in [0.15, 0.2) is 0 Å². The van der Waals surface area contributed by atoms with E-state index in [0.29, 0.717) is 11.6 Å². The molecule has 2 aromatic rings. The molecule has 2 rings (SSSR count). The molecule has 4 heteroatoms. The maximum Gasteiger partial charge on any atom is 0.216 e. The number of nitrogens with zero attached hydrogens (tertiary/aromatic N) is 1. The molecular weight excluding hydrogens is 214 g/mol. The number of aromatic nitrogens is 1. The van der Waals surface area contributed by atoms with Crippen LogP contribution in [-0.4, -0.2) is 12.1 Å². The molecule has 88 valence electrons. The van der Waals surface area contributed by atoms with Crippen LogP contribution < -0.4 is 15.8 Å². The molecule has 0 aliphatic heterocycles. The van der Waals surface area contributed by atoms with E-state index in [-0.39, 0.29) is 0 Å².